The van der Waals surface area contributed by atoms with Crippen LogP contribution in [0.2, 0.25) is 0 Å². The number of nitrogens with two attached hydrogens (primary N) is 1. The lowest BCUT2D eigenvalue weighted by molar-refractivity contribution is -0.117. The molecule has 3 N–H and O–H groups in total. The van der Waals surface area contributed by atoms with Gasteiger partial charge >= 0.3 is 5.76 Å². The molecule has 0 spiro atoms. The summed E-state index contributed by atoms with van der Waals surface area (Å²) < 4.78 is 13.0. The van der Waals surface area contributed by atoms with Gasteiger partial charge in [0.2, 0.25) is 5.91 Å². The van der Waals surface area contributed by atoms with E-state index in [1.807, 2.05) is 6.92 Å². The fourth-order valence-electron chi connectivity index (χ4n) is 3.13. The highest BCUT2D eigenvalue weighted by molar-refractivity contribution is 5.92. The molecule has 0 saturated carbocycles. The Hall–Kier alpha value is -4.08. The van der Waals surface area contributed by atoms with Crippen LogP contribution in [-0.2, 0) is 17.9 Å². The summed E-state index contributed by atoms with van der Waals surface area (Å²) >= 11 is 0. The average Bonchev–Trinajstić information content (AvgIpc) is 3.34. The maximum Gasteiger partial charge on any atom is 0.419 e. The molecule has 10 nitrogen and oxygen atoms in total. The van der Waals surface area contributed by atoms with Gasteiger partial charge < -0.3 is 19.9 Å². The molecule has 4 aromatic rings. The van der Waals surface area contributed by atoms with Crippen molar-refractivity contribution in [1.82, 2.24) is 14.3 Å². The molecule has 1 aromatic carbocycles. The molecule has 0 aliphatic carbocycles. The minimum absolute atomic E-state index is 0.0512. The molecule has 0 bridgehead atoms. The fourth-order valence-corrected chi connectivity index (χ4v) is 3.13. The summed E-state index contributed by atoms with van der Waals surface area (Å²) in [7, 11) is 0. The highest BCUT2D eigenvalue weighted by Crippen LogP contribution is 2.19. The van der Waals surface area contributed by atoms with Crippen molar-refractivity contribution in [2.24, 2.45) is 0 Å². The SMILES string of the molecule is CCCn1c(=O)oc2cc(NC(=O)Cn3nc(-c4ccco4)cc(N)c3=O)ccc21. The van der Waals surface area contributed by atoms with E-state index in [0.29, 0.717) is 34.8 Å². The van der Waals surface area contributed by atoms with Crippen LogP contribution in [0.1, 0.15) is 13.3 Å². The van der Waals surface area contributed by atoms with E-state index in [2.05, 4.69) is 10.4 Å². The Morgan fingerprint density at radius 2 is 2.07 bits per heavy atom. The molecule has 30 heavy (non-hydrogen) atoms. The summed E-state index contributed by atoms with van der Waals surface area (Å²) in [6.07, 6.45) is 2.26. The van der Waals surface area contributed by atoms with E-state index in [1.165, 1.54) is 16.9 Å². The topological polar surface area (TPSA) is 138 Å². The largest absolute Gasteiger partial charge is 0.463 e. The van der Waals surface area contributed by atoms with Crippen LogP contribution in [0.3, 0.4) is 0 Å². The molecule has 0 saturated heterocycles. The molecule has 0 radical (unpaired) electrons. The summed E-state index contributed by atoms with van der Waals surface area (Å²) in [6.45, 7) is 2.15. The Balaban J connectivity index is 1.56. The zero-order chi connectivity index (χ0) is 21.3. The van der Waals surface area contributed by atoms with Crippen LogP contribution >= 0.6 is 0 Å². The second kappa shape index (κ2) is 7.74. The maximum atomic E-state index is 12.5. The summed E-state index contributed by atoms with van der Waals surface area (Å²) in [4.78, 5) is 36.7. The number of nitrogens with one attached hydrogen (secondary N) is 1. The molecular formula is C20H19N5O5. The first kappa shape index (κ1) is 19.2. The van der Waals surface area contributed by atoms with Gasteiger partial charge in [0.1, 0.15) is 17.9 Å². The first-order valence-corrected chi connectivity index (χ1v) is 9.31. The zero-order valence-electron chi connectivity index (χ0n) is 16.1. The van der Waals surface area contributed by atoms with Crippen LogP contribution in [0, 0.1) is 0 Å². The molecule has 4 rings (SSSR count). The molecule has 10 heteroatoms. The number of carbonyl (C=O) groups is 1. The number of aryl methyl sites for hydroxylation is 1. The van der Waals surface area contributed by atoms with E-state index in [4.69, 9.17) is 14.6 Å². The summed E-state index contributed by atoms with van der Waals surface area (Å²) in [5, 5.41) is 6.82. The predicted molar refractivity (Wildman–Crippen MR) is 110 cm³/mol. The van der Waals surface area contributed by atoms with Gasteiger partial charge in [-0.3, -0.25) is 14.2 Å². The monoisotopic (exact) mass is 409 g/mol. The van der Waals surface area contributed by atoms with Crippen molar-refractivity contribution in [2.45, 2.75) is 26.4 Å². The van der Waals surface area contributed by atoms with Crippen LogP contribution in [0.5, 0.6) is 0 Å². The Labute approximate surface area is 169 Å². The molecule has 0 unspecified atom stereocenters. The highest BCUT2D eigenvalue weighted by atomic mass is 16.4. The van der Waals surface area contributed by atoms with Crippen molar-refractivity contribution in [1.29, 1.82) is 0 Å². The molecule has 3 aromatic heterocycles. The number of fused-ring (bicyclic) bond motifs is 1. The minimum atomic E-state index is -0.585. The van der Waals surface area contributed by atoms with Gasteiger partial charge in [0.15, 0.2) is 11.3 Å². The summed E-state index contributed by atoms with van der Waals surface area (Å²) in [6, 6.07) is 9.66. The molecule has 3 heterocycles. The van der Waals surface area contributed by atoms with E-state index < -0.39 is 17.2 Å². The van der Waals surface area contributed by atoms with Gasteiger partial charge in [-0.1, -0.05) is 6.92 Å². The van der Waals surface area contributed by atoms with Gasteiger partial charge in [0.25, 0.3) is 5.56 Å². The van der Waals surface area contributed by atoms with E-state index >= 15 is 0 Å². The molecule has 154 valence electrons. The Kier molecular flexibility index (Phi) is 4.97. The number of carbonyl (C=O) groups excluding carboxylic acids is 1. The lowest BCUT2D eigenvalue weighted by Gasteiger charge is -2.09. The van der Waals surface area contributed by atoms with Gasteiger partial charge in [-0.2, -0.15) is 5.10 Å². The number of rotatable bonds is 6. The number of nitrogen functional groups attached to an aromatic ring is 1. The van der Waals surface area contributed by atoms with Crippen molar-refractivity contribution < 1.29 is 13.6 Å². The van der Waals surface area contributed by atoms with E-state index in [1.54, 1.807) is 30.3 Å². The first-order valence-electron chi connectivity index (χ1n) is 9.31. The van der Waals surface area contributed by atoms with Crippen LogP contribution < -0.4 is 22.4 Å². The lowest BCUT2D eigenvalue weighted by Crippen LogP contribution is -2.31. The van der Waals surface area contributed by atoms with Gasteiger partial charge in [-0.15, -0.1) is 0 Å². The van der Waals surface area contributed by atoms with Gasteiger partial charge in [-0.05, 0) is 36.8 Å². The van der Waals surface area contributed by atoms with Crippen LogP contribution in [0.4, 0.5) is 11.4 Å². The van der Waals surface area contributed by atoms with E-state index in [0.717, 1.165) is 11.1 Å². The minimum Gasteiger partial charge on any atom is -0.463 e. The van der Waals surface area contributed by atoms with Gasteiger partial charge in [-0.25, -0.2) is 9.48 Å². The lowest BCUT2D eigenvalue weighted by atomic mass is 10.2. The van der Waals surface area contributed by atoms with Gasteiger partial charge in [0, 0.05) is 18.3 Å². The number of aromatic nitrogens is 3. The quantitative estimate of drug-likeness (QED) is 0.497. The second-order valence-electron chi connectivity index (χ2n) is 6.68. The standard InChI is InChI=1S/C20H19N5O5/c1-2-7-24-15-6-5-12(9-17(15)30-20(24)28)22-18(26)11-25-19(27)13(21)10-14(23-25)16-4-3-8-29-16/h3-6,8-10H,2,7,11,21H2,1H3,(H,22,26). The maximum absolute atomic E-state index is 12.5. The molecule has 1 amide bonds. The number of anilines is 2. The van der Waals surface area contributed by atoms with Crippen molar-refractivity contribution in [3.05, 3.63) is 63.6 Å². The van der Waals surface area contributed by atoms with Gasteiger partial charge in [0.05, 0.1) is 11.8 Å². The Bertz CT molecular complexity index is 1330. The average molecular weight is 409 g/mol. The number of benzene rings is 1. The zero-order valence-corrected chi connectivity index (χ0v) is 16.1. The van der Waals surface area contributed by atoms with Crippen LogP contribution in [-0.4, -0.2) is 20.3 Å². The fraction of sp³-hybridized carbons (Fsp3) is 0.200. The molecular weight excluding hydrogens is 390 g/mol. The third-order valence-corrected chi connectivity index (χ3v) is 4.47. The first-order chi connectivity index (χ1) is 14.5. The number of hydrogen-bond acceptors (Lipinski definition) is 7. The smallest absolute Gasteiger partial charge is 0.419 e. The van der Waals surface area contributed by atoms with Crippen molar-refractivity contribution in [3.63, 3.8) is 0 Å². The second-order valence-corrected chi connectivity index (χ2v) is 6.68. The number of hydrogen-bond donors (Lipinski definition) is 2. The van der Waals surface area contributed by atoms with Crippen molar-refractivity contribution >= 4 is 28.4 Å². The third-order valence-electron chi connectivity index (χ3n) is 4.47. The summed E-state index contributed by atoms with van der Waals surface area (Å²) in [5.41, 5.74) is 6.91. The van der Waals surface area contributed by atoms with E-state index in [-0.39, 0.29) is 12.2 Å². The van der Waals surface area contributed by atoms with Crippen molar-refractivity contribution in [2.75, 3.05) is 11.1 Å². The Morgan fingerprint density at radius 3 is 2.80 bits per heavy atom. The Morgan fingerprint density at radius 1 is 1.23 bits per heavy atom. The molecule has 0 aliphatic rings. The number of amides is 1. The molecule has 0 aliphatic heterocycles. The number of furan rings is 1. The van der Waals surface area contributed by atoms with Crippen LogP contribution in [0.15, 0.2) is 61.1 Å². The van der Waals surface area contributed by atoms with E-state index in [9.17, 15) is 14.4 Å². The number of oxazole rings is 1. The van der Waals surface area contributed by atoms with Crippen molar-refractivity contribution in [3.8, 4) is 11.5 Å². The normalized spacial score (nSPS) is 11.1. The number of nitrogens with zero attached hydrogens (tertiary/aromatic N) is 3. The predicted octanol–water partition coefficient (Wildman–Crippen LogP) is 2.04. The summed E-state index contributed by atoms with van der Waals surface area (Å²) in [5.74, 6) is -0.514. The molecule has 0 atom stereocenters. The van der Waals surface area contributed by atoms with Crippen LogP contribution in [0.25, 0.3) is 22.6 Å². The molecule has 0 fully saturated rings. The highest BCUT2D eigenvalue weighted by Gasteiger charge is 2.14. The third kappa shape index (κ3) is 3.62.